The Kier molecular flexibility index (Phi) is 45.9. The number of aliphatic hydroxyl groups excluding tert-OH is 6. The maximum absolute atomic E-state index is 12.7. The van der Waals surface area contributed by atoms with Gasteiger partial charge in [-0.05, 0) is 98.3 Å². The van der Waals surface area contributed by atoms with Gasteiger partial charge < -0.3 is 99.3 Å². The zero-order valence-corrected chi connectivity index (χ0v) is 66.2. The summed E-state index contributed by atoms with van der Waals surface area (Å²) in [5.74, 6) is -0.756. The summed E-state index contributed by atoms with van der Waals surface area (Å²) in [7, 11) is -8.56. The van der Waals surface area contributed by atoms with Crippen LogP contribution in [0.25, 0.3) is 0 Å². The van der Waals surface area contributed by atoms with E-state index in [2.05, 4.69) is 28.2 Å². The molecule has 0 saturated carbocycles. The number of nitrogens with one attached hydrogen (secondary N) is 4. The lowest BCUT2D eigenvalue weighted by atomic mass is 9.81. The number of rotatable bonds is 57. The lowest BCUT2D eigenvalue weighted by molar-refractivity contribution is -0.336. The highest BCUT2D eigenvalue weighted by molar-refractivity contribution is 7.81. The van der Waals surface area contributed by atoms with E-state index in [1.807, 2.05) is 0 Å². The van der Waals surface area contributed by atoms with Gasteiger partial charge in [-0.25, -0.2) is 8.37 Å². The van der Waals surface area contributed by atoms with Crippen LogP contribution >= 0.6 is 0 Å². The molecule has 4 saturated heterocycles. The Morgan fingerprint density at radius 3 is 1.13 bits per heavy atom. The molecule has 4 aliphatic rings. The van der Waals surface area contributed by atoms with Crippen molar-refractivity contribution in [1.29, 1.82) is 0 Å². The molecule has 0 aromatic rings. The largest absolute Gasteiger partial charge is 0.397 e. The average molecular weight is 1600 g/mol. The van der Waals surface area contributed by atoms with Gasteiger partial charge in [0.2, 0.25) is 23.6 Å². The van der Waals surface area contributed by atoms with Crippen molar-refractivity contribution in [2.24, 2.45) is 5.41 Å². The smallest absolute Gasteiger partial charge is 0.388 e. The van der Waals surface area contributed by atoms with Crippen molar-refractivity contribution in [3.05, 3.63) is 0 Å². The van der Waals surface area contributed by atoms with Crippen LogP contribution in [0, 0.1) is 5.41 Å². The maximum Gasteiger partial charge on any atom is 0.397 e. The predicted molar refractivity (Wildman–Crippen MR) is 388 cm³/mol. The van der Waals surface area contributed by atoms with E-state index in [0.29, 0.717) is 71.2 Å². The lowest BCUT2D eigenvalue weighted by Gasteiger charge is -2.47. The number of Topliss-reactive ketones (excluding diaryl/α,β-unsaturated/α-hetero) is 2. The predicted octanol–water partition coefficient (Wildman–Crippen LogP) is 4.06. The summed E-state index contributed by atoms with van der Waals surface area (Å²) < 4.78 is 134. The third kappa shape index (κ3) is 36.6. The number of ketones is 2. The van der Waals surface area contributed by atoms with Crippen LogP contribution < -0.4 is 21.3 Å². The molecular formula is C72H130N4O30S2. The minimum absolute atomic E-state index is 0.0176. The fourth-order valence-corrected chi connectivity index (χ4v) is 14.7. The summed E-state index contributed by atoms with van der Waals surface area (Å²) >= 11 is 0. The first-order chi connectivity index (χ1) is 51.2. The van der Waals surface area contributed by atoms with Gasteiger partial charge in [-0.1, -0.05) is 90.4 Å². The highest BCUT2D eigenvalue weighted by Gasteiger charge is 2.54. The molecule has 20 unspecified atom stereocenters. The van der Waals surface area contributed by atoms with E-state index in [0.717, 1.165) is 141 Å². The number of unbranched alkanes of at least 4 members (excludes halogenated alkanes) is 17. The molecule has 4 heterocycles. The molecule has 0 aromatic carbocycles. The fraction of sp³-hybridized carbons (Fsp3) is 0.917. The molecule has 12 N–H and O–H groups in total. The quantitative estimate of drug-likeness (QED) is 0.0302. The Morgan fingerprint density at radius 1 is 0.407 bits per heavy atom. The van der Waals surface area contributed by atoms with Crippen molar-refractivity contribution in [3.8, 4) is 0 Å². The Labute approximate surface area is 638 Å². The third-order valence-electron chi connectivity index (χ3n) is 20.1. The minimum atomic E-state index is -5.11. The van der Waals surface area contributed by atoms with Crippen LogP contribution in [0.4, 0.5) is 0 Å². The van der Waals surface area contributed by atoms with E-state index >= 15 is 0 Å². The maximum atomic E-state index is 12.7. The minimum Gasteiger partial charge on any atom is -0.388 e. The van der Waals surface area contributed by atoms with Gasteiger partial charge in [0.1, 0.15) is 72.5 Å². The van der Waals surface area contributed by atoms with Crippen LogP contribution in [0.15, 0.2) is 0 Å². The van der Waals surface area contributed by atoms with Crippen molar-refractivity contribution in [2.45, 2.75) is 364 Å². The van der Waals surface area contributed by atoms with Crippen LogP contribution in [0.1, 0.15) is 241 Å². The molecule has 4 fully saturated rings. The Bertz CT molecular complexity index is 2660. The van der Waals surface area contributed by atoms with E-state index in [1.165, 1.54) is 41.5 Å². The molecule has 0 aliphatic carbocycles. The van der Waals surface area contributed by atoms with Crippen LogP contribution in [-0.2, 0) is 105 Å². The van der Waals surface area contributed by atoms with Gasteiger partial charge in [-0.2, -0.15) is 16.8 Å². The summed E-state index contributed by atoms with van der Waals surface area (Å²) in [5, 5.41) is 75.3. The van der Waals surface area contributed by atoms with E-state index in [9.17, 15) is 85.3 Å². The van der Waals surface area contributed by atoms with Gasteiger partial charge in [0.05, 0.1) is 44.2 Å². The number of amides is 4. The summed E-state index contributed by atoms with van der Waals surface area (Å²) in [4.78, 5) is 74.2. The highest BCUT2D eigenvalue weighted by atomic mass is 32.3. The Hall–Kier alpha value is -3.68. The van der Waals surface area contributed by atoms with Gasteiger partial charge in [-0.3, -0.25) is 37.9 Å². The molecule has 4 aliphatic heterocycles. The van der Waals surface area contributed by atoms with Gasteiger partial charge in [0, 0.05) is 91.2 Å². The SMILES string of the molecule is CC[C@@](CCCCC(=O)NCCCCCCCC(=O)CCCCCCCOC1OC(C)C(OC2OC(C)C(O)C(O)C2NC(C)=O)C(O)C1OS(=O)(=O)O)(COC)COCCC(=O)NCCCCCCCC(=O)CCCCCCCOC1OC(C)C(OC2OC(C)C(O)C(O)C2NC(C)=O)C(O)C1OS(=O)(=O)O. The lowest BCUT2D eigenvalue weighted by Crippen LogP contribution is -2.66. The van der Waals surface area contributed by atoms with E-state index in [1.54, 1.807) is 7.11 Å². The first-order valence-corrected chi connectivity index (χ1v) is 41.7. The molecule has 0 radical (unpaired) electrons. The van der Waals surface area contributed by atoms with Crippen LogP contribution in [0.5, 0.6) is 0 Å². The zero-order valence-electron chi connectivity index (χ0n) is 64.6. The first kappa shape index (κ1) is 96.7. The number of carbonyl (C=O) groups excluding carboxylic acids is 6. The van der Waals surface area contributed by atoms with Crippen molar-refractivity contribution in [2.75, 3.05) is 53.2 Å². The number of hydrogen-bond acceptors (Lipinski definition) is 28. The summed E-state index contributed by atoms with van der Waals surface area (Å²) in [6, 6.07) is -2.53. The summed E-state index contributed by atoms with van der Waals surface area (Å²) in [6.07, 6.45) is -3.02. The van der Waals surface area contributed by atoms with Crippen LogP contribution in [-0.4, -0.2) is 268 Å². The average Bonchev–Trinajstić information content (AvgIpc) is 0.785. The van der Waals surface area contributed by atoms with Crippen molar-refractivity contribution >= 4 is 56.0 Å². The first-order valence-electron chi connectivity index (χ1n) is 38.9. The summed E-state index contributed by atoms with van der Waals surface area (Å²) in [5.41, 5.74) is -0.235. The van der Waals surface area contributed by atoms with E-state index in [-0.39, 0.29) is 55.0 Å². The van der Waals surface area contributed by atoms with Crippen LogP contribution in [0.3, 0.4) is 0 Å². The molecule has 36 heteroatoms. The summed E-state index contributed by atoms with van der Waals surface area (Å²) in [6.45, 7) is 13.0. The molecule has 21 atom stereocenters. The number of hydrogen-bond donors (Lipinski definition) is 12. The van der Waals surface area contributed by atoms with Crippen molar-refractivity contribution < 1.29 is 141 Å². The topological polar surface area (TPSA) is 491 Å². The normalized spacial score (nSPS) is 29.6. The van der Waals surface area contributed by atoms with Gasteiger partial charge in [0.25, 0.3) is 0 Å². The second-order valence-corrected chi connectivity index (χ2v) is 31.4. The van der Waals surface area contributed by atoms with Crippen molar-refractivity contribution in [1.82, 2.24) is 21.3 Å². The van der Waals surface area contributed by atoms with E-state index in [4.69, 9.17) is 55.7 Å². The molecule has 0 bridgehead atoms. The van der Waals surface area contributed by atoms with E-state index < -0.39 is 155 Å². The second-order valence-electron chi connectivity index (χ2n) is 29.3. The Morgan fingerprint density at radius 2 is 0.759 bits per heavy atom. The molecule has 0 spiro atoms. The highest BCUT2D eigenvalue weighted by Crippen LogP contribution is 2.35. The molecular weight excluding hydrogens is 1460 g/mol. The molecule has 34 nitrogen and oxygen atoms in total. The fourth-order valence-electron chi connectivity index (χ4n) is 13.8. The van der Waals surface area contributed by atoms with Gasteiger partial charge in [0.15, 0.2) is 37.4 Å². The molecule has 4 amide bonds. The molecule has 0 aromatic heterocycles. The number of methoxy groups -OCH3 is 1. The van der Waals surface area contributed by atoms with Gasteiger partial charge >= 0.3 is 20.8 Å². The monoisotopic (exact) mass is 1590 g/mol. The van der Waals surface area contributed by atoms with Crippen molar-refractivity contribution in [3.63, 3.8) is 0 Å². The number of ether oxygens (including phenoxy) is 10. The number of aliphatic hydroxyl groups is 6. The third-order valence-corrected chi connectivity index (χ3v) is 21.0. The molecule has 630 valence electrons. The zero-order chi connectivity index (χ0) is 80.0. The second kappa shape index (κ2) is 51.2. The number of carbonyl (C=O) groups is 6. The molecule has 4 rings (SSSR count). The Balaban J connectivity index is 0.935. The standard InChI is InChI=1S/C72H130N4O30S2/c1-9-72(44-95-8,38-27-26-36-54(81)73-39-28-18-10-14-22-32-52(79)34-24-16-12-20-30-41-97-70-66(105-107(89,90)91)62(87)64(48(4)101-70)103-68-56(75-50(6)77)60(85)58(83)46(2)99-68)45-96-43-37-55(82)74-40-29-19-11-15-23-33-53(80)35-25-17-13-21-31-42-98-71-67(106-108(92,93)94)63(88)65(49(5)102-71)104-69-57(76-51(7)78)61(86)59(84)47(3)100-69/h46-49,56-71,83-88H,9-45H2,1-8H3,(H,73,81)(H,74,82)(H,75,77)(H,76,78)(H,89,90,91)(H,92,93,94)/t46?,47?,48?,49?,56?,57?,58?,59?,60?,61?,62?,63?,64?,65?,66?,67?,68?,69?,70?,71?,72-/m1/s1. The van der Waals surface area contributed by atoms with Crippen LogP contribution in [0.2, 0.25) is 0 Å². The molecule has 108 heavy (non-hydrogen) atoms. The van der Waals surface area contributed by atoms with Gasteiger partial charge in [-0.15, -0.1) is 0 Å².